The molecule has 5 atom stereocenters. The lowest BCUT2D eigenvalue weighted by molar-refractivity contribution is -0.188. The molecule has 3 N–H and O–H groups in total. The number of alkyl halides is 1. The van der Waals surface area contributed by atoms with Gasteiger partial charge in [0.1, 0.15) is 29.9 Å². The highest BCUT2D eigenvalue weighted by Crippen LogP contribution is 2.35. The lowest BCUT2D eigenvalue weighted by Gasteiger charge is -2.29. The Labute approximate surface area is 385 Å². The number of methoxy groups -OCH3 is 1. The average molecular weight is 925 g/mol. The van der Waals surface area contributed by atoms with E-state index in [1.807, 2.05) is 75.1 Å². The van der Waals surface area contributed by atoms with E-state index in [0.717, 1.165) is 41.1 Å². The van der Waals surface area contributed by atoms with E-state index in [9.17, 15) is 18.8 Å². The summed E-state index contributed by atoms with van der Waals surface area (Å²) in [6.45, 7) is 8.04. The predicted molar refractivity (Wildman–Crippen MR) is 255 cm³/mol. The van der Waals surface area contributed by atoms with Crippen LogP contribution >= 0.6 is 67.5 Å². The van der Waals surface area contributed by atoms with Crippen LogP contribution in [0.4, 0.5) is 9.18 Å². The van der Waals surface area contributed by atoms with Gasteiger partial charge in [-0.15, -0.1) is 0 Å². The third-order valence-electron chi connectivity index (χ3n) is 9.98. The van der Waals surface area contributed by atoms with Crippen molar-refractivity contribution in [3.8, 4) is 23.1 Å². The molecule has 2 saturated heterocycles. The minimum absolute atomic E-state index is 0. The highest BCUT2D eigenvalue weighted by molar-refractivity contribution is 7.60. The van der Waals surface area contributed by atoms with Crippen molar-refractivity contribution in [2.75, 3.05) is 27.3 Å². The molecular formula is C40H57FN8O6S5. The van der Waals surface area contributed by atoms with E-state index in [4.69, 9.17) is 14.6 Å². The number of rotatable bonds is 11. The zero-order chi connectivity index (χ0) is 39.2. The lowest BCUT2D eigenvalue weighted by atomic mass is 10.0. The SMILES string of the molecule is COOC=N[C@H](C(=O)N1CCC[C@H]1c1ncc(-c2ccc(C#Cc3ccc4nc([C@@H]5C[C@H](F)CN5C(=O)[C@@H](NC(=O)OC)C(C)C)[nH]c4c3)cc2)[nH]1)C(C)C.S.S.S.S.S. The molecule has 0 spiro atoms. The van der Waals surface area contributed by atoms with Gasteiger partial charge in [-0.1, -0.05) is 51.7 Å². The van der Waals surface area contributed by atoms with E-state index in [-0.39, 0.29) is 110 Å². The number of carbonyl (C=O) groups is 3. The van der Waals surface area contributed by atoms with Gasteiger partial charge in [0.25, 0.3) is 0 Å². The normalized spacial score (nSPS) is 17.9. The van der Waals surface area contributed by atoms with Gasteiger partial charge in [0.05, 0.1) is 55.8 Å². The second-order valence-corrected chi connectivity index (χ2v) is 14.5. The van der Waals surface area contributed by atoms with Crippen molar-refractivity contribution >= 4 is 103 Å². The van der Waals surface area contributed by atoms with Gasteiger partial charge in [0.15, 0.2) is 0 Å². The van der Waals surface area contributed by atoms with Crippen LogP contribution in [0.2, 0.25) is 0 Å². The number of aromatic nitrogens is 4. The van der Waals surface area contributed by atoms with Gasteiger partial charge >= 0.3 is 6.09 Å². The van der Waals surface area contributed by atoms with E-state index in [1.54, 1.807) is 6.20 Å². The van der Waals surface area contributed by atoms with Crippen LogP contribution in [0, 0.1) is 23.7 Å². The largest absolute Gasteiger partial charge is 0.453 e. The number of likely N-dealkylation sites (tertiary alicyclic amines) is 2. The highest BCUT2D eigenvalue weighted by atomic mass is 32.1. The number of amides is 3. The number of ether oxygens (including phenoxy) is 1. The first-order valence-corrected chi connectivity index (χ1v) is 18.4. The maximum atomic E-state index is 14.8. The summed E-state index contributed by atoms with van der Waals surface area (Å²) in [5.74, 6) is 6.90. The number of nitrogens with zero attached hydrogens (tertiary/aromatic N) is 5. The van der Waals surface area contributed by atoms with E-state index in [2.05, 4.69) is 42.0 Å². The Morgan fingerprint density at radius 2 is 1.58 bits per heavy atom. The van der Waals surface area contributed by atoms with Crippen LogP contribution in [0.3, 0.4) is 0 Å². The number of aliphatic imine (C=N–C) groups is 1. The monoisotopic (exact) mass is 924 g/mol. The van der Waals surface area contributed by atoms with Crippen molar-refractivity contribution in [1.82, 2.24) is 35.1 Å². The van der Waals surface area contributed by atoms with Crippen LogP contribution in [0.1, 0.15) is 81.8 Å². The molecule has 4 aromatic rings. The number of hydrogen-bond acceptors (Lipinski definition) is 9. The maximum absolute atomic E-state index is 14.8. The third-order valence-corrected chi connectivity index (χ3v) is 9.98. The average Bonchev–Trinajstić information content (AvgIpc) is 4.00. The molecule has 0 saturated carbocycles. The van der Waals surface area contributed by atoms with E-state index in [0.29, 0.717) is 23.4 Å². The Kier molecular flexibility index (Phi) is 22.0. The van der Waals surface area contributed by atoms with Crippen molar-refractivity contribution in [3.05, 3.63) is 71.4 Å². The lowest BCUT2D eigenvalue weighted by Crippen LogP contribution is -2.51. The Morgan fingerprint density at radius 3 is 2.23 bits per heavy atom. The summed E-state index contributed by atoms with van der Waals surface area (Å²) in [4.78, 5) is 71.9. The molecule has 14 nitrogen and oxygen atoms in total. The number of fused-ring (bicyclic) bond motifs is 1. The molecule has 2 aromatic heterocycles. The highest BCUT2D eigenvalue weighted by Gasteiger charge is 2.42. The van der Waals surface area contributed by atoms with Crippen LogP contribution in [0.25, 0.3) is 22.3 Å². The van der Waals surface area contributed by atoms with E-state index >= 15 is 0 Å². The molecule has 0 radical (unpaired) electrons. The molecular weight excluding hydrogens is 868 g/mol. The van der Waals surface area contributed by atoms with Gasteiger partial charge in [-0.2, -0.15) is 72.4 Å². The quantitative estimate of drug-likeness (QED) is 0.0526. The Morgan fingerprint density at radius 1 is 0.900 bits per heavy atom. The number of halogens is 1. The predicted octanol–water partition coefficient (Wildman–Crippen LogP) is 6.20. The zero-order valence-corrected chi connectivity index (χ0v) is 39.3. The van der Waals surface area contributed by atoms with Crippen molar-refractivity contribution < 1.29 is 33.3 Å². The second kappa shape index (κ2) is 24.4. The van der Waals surface area contributed by atoms with Gasteiger partial charge in [-0.05, 0) is 60.6 Å². The second-order valence-electron chi connectivity index (χ2n) is 14.5. The summed E-state index contributed by atoms with van der Waals surface area (Å²) in [5.41, 5.74) is 4.72. The summed E-state index contributed by atoms with van der Waals surface area (Å²) in [6, 6.07) is 11.1. The summed E-state index contributed by atoms with van der Waals surface area (Å²) >= 11 is 0. The number of aromatic amines is 2. The van der Waals surface area contributed by atoms with Gasteiger partial charge in [0.2, 0.25) is 18.2 Å². The molecule has 3 amide bonds. The van der Waals surface area contributed by atoms with Crippen LogP contribution in [0.5, 0.6) is 0 Å². The standard InChI is InChI=1S/C40H47FN8O6.5H2S/c1-23(2)34(43-22-55-54-6)38(50)48-17-7-8-32(48)36-42-20-31(46-36)27-14-11-25(12-15-27)9-10-26-13-16-29-30(18-26)45-37(44-29)33-19-28(41)21-49(33)39(51)35(24(3)4)47-40(52)53-5;;;;;/h11-16,18,20,22-24,28,32-35H,7-8,17,19,21H2,1-6H3,(H,42,46)(H,44,45)(H,47,52);5*1H2/t28-,32-,33-,34-,35-;;;;;/m0...../s1. The molecule has 0 unspecified atom stereocenters. The number of hydrogen-bond donors (Lipinski definition) is 3. The first-order chi connectivity index (χ1) is 26.5. The van der Waals surface area contributed by atoms with Crippen LogP contribution in [-0.4, -0.2) is 99.6 Å². The number of nitrogens with one attached hydrogen (secondary N) is 3. The summed E-state index contributed by atoms with van der Waals surface area (Å²) in [7, 11) is 2.61. The zero-order valence-electron chi connectivity index (χ0n) is 34.3. The summed E-state index contributed by atoms with van der Waals surface area (Å²) in [5, 5.41) is 2.58. The Balaban J connectivity index is 0.00000360. The van der Waals surface area contributed by atoms with Crippen LogP contribution in [-0.2, 0) is 24.1 Å². The molecule has 2 fully saturated rings. The molecule has 4 heterocycles. The first kappa shape index (κ1) is 54.0. The molecule has 2 aliphatic rings. The maximum Gasteiger partial charge on any atom is 0.407 e. The van der Waals surface area contributed by atoms with Gasteiger partial charge < -0.3 is 34.7 Å². The number of benzene rings is 2. The van der Waals surface area contributed by atoms with Gasteiger partial charge in [-0.25, -0.2) is 24.1 Å². The van der Waals surface area contributed by atoms with E-state index < -0.39 is 30.4 Å². The number of alkyl carbamates (subject to hydrolysis) is 1. The minimum Gasteiger partial charge on any atom is -0.453 e. The third kappa shape index (κ3) is 12.5. The molecule has 0 bridgehead atoms. The van der Waals surface area contributed by atoms with Crippen molar-refractivity contribution in [2.24, 2.45) is 16.8 Å². The molecule has 20 heteroatoms. The molecule has 2 aliphatic heterocycles. The minimum atomic E-state index is -1.23. The smallest absolute Gasteiger partial charge is 0.407 e. The topological polar surface area (TPSA) is 167 Å². The van der Waals surface area contributed by atoms with Crippen molar-refractivity contribution in [1.29, 1.82) is 0 Å². The summed E-state index contributed by atoms with van der Waals surface area (Å²) in [6.07, 6.45) is 2.76. The Bertz CT molecular complexity index is 2110. The number of carbonyl (C=O) groups excluding carboxylic acids is 3. The van der Waals surface area contributed by atoms with E-state index in [1.165, 1.54) is 25.5 Å². The fourth-order valence-corrected chi connectivity index (χ4v) is 7.10. The fourth-order valence-electron chi connectivity index (χ4n) is 7.10. The van der Waals surface area contributed by atoms with Crippen molar-refractivity contribution in [2.45, 2.75) is 77.3 Å². The fraction of sp³-hybridized carbons (Fsp3) is 0.450. The molecule has 0 aliphatic carbocycles. The van der Waals surface area contributed by atoms with Gasteiger partial charge in [-0.3, -0.25) is 9.59 Å². The molecule has 330 valence electrons. The Hall–Kier alpha value is -4.00. The molecule has 6 rings (SSSR count). The molecule has 2 aromatic carbocycles. The summed E-state index contributed by atoms with van der Waals surface area (Å²) < 4.78 is 19.5. The molecule has 60 heavy (non-hydrogen) atoms. The van der Waals surface area contributed by atoms with Crippen LogP contribution < -0.4 is 5.32 Å². The number of imidazole rings is 2. The van der Waals surface area contributed by atoms with Gasteiger partial charge in [0, 0.05) is 24.1 Å². The van der Waals surface area contributed by atoms with Crippen molar-refractivity contribution in [3.63, 3.8) is 0 Å². The van der Waals surface area contributed by atoms with Crippen LogP contribution in [0.15, 0.2) is 53.7 Å². The first-order valence-electron chi connectivity index (χ1n) is 18.4. The number of H-pyrrole nitrogens is 2.